The van der Waals surface area contributed by atoms with Gasteiger partial charge < -0.3 is 5.32 Å². The number of carbonyl (C=O) groups excluding carboxylic acids is 1. The normalized spacial score (nSPS) is 18.5. The number of sulfone groups is 1. The molecular formula is C25H25F4N3O3S2. The fraction of sp³-hybridized carbons (Fsp3) is 0.440. The van der Waals surface area contributed by atoms with Gasteiger partial charge in [0.2, 0.25) is 5.91 Å². The lowest BCUT2D eigenvalue weighted by Crippen LogP contribution is -2.54. The molecule has 2 N–H and O–H groups in total. The van der Waals surface area contributed by atoms with Crippen LogP contribution in [0.5, 0.6) is 0 Å². The van der Waals surface area contributed by atoms with Gasteiger partial charge in [-0.15, -0.1) is 0 Å². The van der Waals surface area contributed by atoms with Gasteiger partial charge in [0.25, 0.3) is 0 Å². The molecule has 0 unspecified atom stereocenters. The van der Waals surface area contributed by atoms with Crippen molar-refractivity contribution in [2.45, 2.75) is 53.5 Å². The molecule has 2 aliphatic rings. The van der Waals surface area contributed by atoms with Crippen LogP contribution in [0.3, 0.4) is 0 Å². The number of thioether (sulfide) groups is 1. The summed E-state index contributed by atoms with van der Waals surface area (Å²) in [6, 6.07) is 7.04. The number of halogens is 4. The minimum absolute atomic E-state index is 0.0223. The zero-order valence-electron chi connectivity index (χ0n) is 19.6. The highest BCUT2D eigenvalue weighted by molar-refractivity contribution is 8.00. The molecule has 0 radical (unpaired) electrons. The Kier molecular flexibility index (Phi) is 7.88. The van der Waals surface area contributed by atoms with Gasteiger partial charge in [-0.2, -0.15) is 14.0 Å². The molecule has 198 valence electrons. The van der Waals surface area contributed by atoms with E-state index < -0.39 is 56.0 Å². The Bertz CT molecular complexity index is 1270. The summed E-state index contributed by atoms with van der Waals surface area (Å²) in [4.78, 5) is 13.2. The van der Waals surface area contributed by atoms with E-state index in [1.165, 1.54) is 12.1 Å². The van der Waals surface area contributed by atoms with Crippen molar-refractivity contribution in [3.63, 3.8) is 0 Å². The molecule has 2 aromatic carbocycles. The molecule has 4 rings (SSSR count). The van der Waals surface area contributed by atoms with Crippen molar-refractivity contribution in [1.82, 2.24) is 10.6 Å². The van der Waals surface area contributed by atoms with Crippen molar-refractivity contribution in [1.29, 1.82) is 5.26 Å². The van der Waals surface area contributed by atoms with Crippen LogP contribution in [0.25, 0.3) is 0 Å². The van der Waals surface area contributed by atoms with Crippen LogP contribution in [0.1, 0.15) is 37.3 Å². The van der Waals surface area contributed by atoms with E-state index in [9.17, 15) is 27.3 Å². The summed E-state index contributed by atoms with van der Waals surface area (Å²) < 4.78 is 84.0. The summed E-state index contributed by atoms with van der Waals surface area (Å²) in [5.41, 5.74) is -1.23. The van der Waals surface area contributed by atoms with E-state index in [1.807, 2.05) is 6.07 Å². The van der Waals surface area contributed by atoms with Gasteiger partial charge in [0.15, 0.2) is 9.84 Å². The second-order valence-corrected chi connectivity index (χ2v) is 12.9. The molecule has 12 heteroatoms. The largest absolute Gasteiger partial charge is 0.336 e. The Morgan fingerprint density at radius 3 is 2.16 bits per heavy atom. The highest BCUT2D eigenvalue weighted by Gasteiger charge is 2.48. The molecule has 2 fully saturated rings. The molecule has 1 amide bonds. The van der Waals surface area contributed by atoms with E-state index in [-0.39, 0.29) is 33.9 Å². The predicted molar refractivity (Wildman–Crippen MR) is 130 cm³/mol. The first-order chi connectivity index (χ1) is 17.4. The number of carbonyl (C=O) groups is 1. The van der Waals surface area contributed by atoms with Crippen LogP contribution in [-0.2, 0) is 14.6 Å². The number of hydrogen-bond acceptors (Lipinski definition) is 6. The van der Waals surface area contributed by atoms with Gasteiger partial charge in [0.1, 0.15) is 29.3 Å². The van der Waals surface area contributed by atoms with Crippen LogP contribution < -0.4 is 10.6 Å². The highest BCUT2D eigenvalue weighted by Crippen LogP contribution is 2.45. The molecule has 2 saturated carbocycles. The summed E-state index contributed by atoms with van der Waals surface area (Å²) in [5.74, 6) is -3.08. The average molecular weight is 556 g/mol. The first-order valence-electron chi connectivity index (χ1n) is 11.7. The number of nitriles is 1. The van der Waals surface area contributed by atoms with Crippen LogP contribution in [0, 0.1) is 28.9 Å². The van der Waals surface area contributed by atoms with Crippen molar-refractivity contribution >= 4 is 27.5 Å². The van der Waals surface area contributed by atoms with E-state index in [1.54, 1.807) is 0 Å². The molecule has 2 aliphatic carbocycles. The zero-order chi connectivity index (χ0) is 26.8. The third kappa shape index (κ3) is 7.46. The smallest absolute Gasteiger partial charge is 0.317 e. The molecule has 0 heterocycles. The molecule has 2 aromatic rings. The van der Waals surface area contributed by atoms with Gasteiger partial charge in [0, 0.05) is 4.90 Å². The molecule has 2 atom stereocenters. The topological polar surface area (TPSA) is 99.1 Å². The third-order valence-electron chi connectivity index (χ3n) is 6.22. The van der Waals surface area contributed by atoms with E-state index in [0.717, 1.165) is 49.2 Å². The van der Waals surface area contributed by atoms with Gasteiger partial charge in [-0.3, -0.25) is 10.1 Å². The predicted octanol–water partition coefficient (Wildman–Crippen LogP) is 4.35. The molecule has 0 aliphatic heterocycles. The zero-order valence-corrected chi connectivity index (χ0v) is 21.2. The first-order valence-corrected chi connectivity index (χ1v) is 14.3. The summed E-state index contributed by atoms with van der Waals surface area (Å²) in [7, 11) is -3.81. The molecule has 0 spiro atoms. The monoisotopic (exact) mass is 555 g/mol. The summed E-state index contributed by atoms with van der Waals surface area (Å²) >= 11 is 0.0943. The van der Waals surface area contributed by atoms with Gasteiger partial charge >= 0.3 is 5.25 Å². The van der Waals surface area contributed by atoms with Gasteiger partial charge in [-0.25, -0.2) is 17.2 Å². The molecular weight excluding hydrogens is 530 g/mol. The Morgan fingerprint density at radius 2 is 1.65 bits per heavy atom. The van der Waals surface area contributed by atoms with Crippen LogP contribution >= 0.6 is 11.8 Å². The minimum Gasteiger partial charge on any atom is -0.336 e. The first kappa shape index (κ1) is 27.4. The number of nitrogens with one attached hydrogen (secondary N) is 2. The maximum absolute atomic E-state index is 15.7. The van der Waals surface area contributed by atoms with Gasteiger partial charge in [-0.1, -0.05) is 23.9 Å². The minimum atomic E-state index is -3.81. The van der Waals surface area contributed by atoms with Crippen molar-refractivity contribution in [3.8, 4) is 6.07 Å². The van der Waals surface area contributed by atoms with Gasteiger partial charge in [-0.05, 0) is 73.6 Å². The molecule has 0 aromatic heterocycles. The van der Waals surface area contributed by atoms with E-state index >= 15 is 8.78 Å². The fourth-order valence-electron chi connectivity index (χ4n) is 3.84. The quantitative estimate of drug-likeness (QED) is 0.299. The second-order valence-electron chi connectivity index (χ2n) is 9.53. The van der Waals surface area contributed by atoms with E-state index in [0.29, 0.717) is 12.8 Å². The standard InChI is InChI=1S/C25H25F4N3O3S2/c26-18-5-3-17(4-6-18)22(25(28,29)36-20-9-7-19(27)8-10-20)31-21(14-37(34,35)13-16-1-2-16)23(33)32-24(15-30)11-12-24/h3-10,16,21-22,31H,1-2,11-14H2,(H,32,33)/t21-,22-/m0/s1. The van der Waals surface area contributed by atoms with Crippen LogP contribution in [0.4, 0.5) is 17.6 Å². The van der Waals surface area contributed by atoms with Crippen LogP contribution in [0.15, 0.2) is 53.4 Å². The summed E-state index contributed by atoms with van der Waals surface area (Å²) in [6.45, 7) is 0. The number of hydrogen-bond donors (Lipinski definition) is 2. The molecule has 0 saturated heterocycles. The molecule has 37 heavy (non-hydrogen) atoms. The number of amides is 1. The van der Waals surface area contributed by atoms with Crippen LogP contribution in [-0.4, -0.2) is 42.7 Å². The Labute approximate surface area is 216 Å². The van der Waals surface area contributed by atoms with E-state index in [4.69, 9.17) is 0 Å². The SMILES string of the molecule is N#CC1(NC(=O)[C@H](CS(=O)(=O)CC2CC2)N[C@@H](c2ccc(F)cc2)C(F)(F)Sc2ccc(F)cc2)CC1. The maximum atomic E-state index is 15.7. The lowest BCUT2D eigenvalue weighted by atomic mass is 10.1. The van der Waals surface area contributed by atoms with Crippen molar-refractivity contribution < 1.29 is 30.8 Å². The number of benzene rings is 2. The van der Waals surface area contributed by atoms with E-state index in [2.05, 4.69) is 10.6 Å². The molecule has 0 bridgehead atoms. The third-order valence-corrected chi connectivity index (χ3v) is 9.06. The summed E-state index contributed by atoms with van der Waals surface area (Å²) in [6.07, 6.45) is 2.22. The Balaban J connectivity index is 1.65. The van der Waals surface area contributed by atoms with Crippen molar-refractivity contribution in [3.05, 3.63) is 65.7 Å². The maximum Gasteiger partial charge on any atom is 0.317 e. The Morgan fingerprint density at radius 1 is 1.08 bits per heavy atom. The Hall–Kier alpha value is -2.62. The second kappa shape index (κ2) is 10.6. The van der Waals surface area contributed by atoms with Crippen molar-refractivity contribution in [2.75, 3.05) is 11.5 Å². The fourth-order valence-corrected chi connectivity index (χ4v) is 6.69. The van der Waals surface area contributed by atoms with Gasteiger partial charge in [0.05, 0.1) is 17.6 Å². The van der Waals surface area contributed by atoms with Crippen LogP contribution in [0.2, 0.25) is 0 Å². The van der Waals surface area contributed by atoms with Crippen molar-refractivity contribution in [2.24, 2.45) is 5.92 Å². The molecule has 6 nitrogen and oxygen atoms in total. The lowest BCUT2D eigenvalue weighted by molar-refractivity contribution is -0.123. The summed E-state index contributed by atoms with van der Waals surface area (Å²) in [5, 5.41) is 10.7. The average Bonchev–Trinajstić information content (AvgIpc) is 3.76. The highest BCUT2D eigenvalue weighted by atomic mass is 32.2. The number of rotatable bonds is 12. The lowest BCUT2D eigenvalue weighted by Gasteiger charge is -2.31. The number of nitrogens with zero attached hydrogens (tertiary/aromatic N) is 1. The number of alkyl halides is 2.